The smallest absolute Gasteiger partial charge is 0.446 e. The molecule has 0 bridgehead atoms. The van der Waals surface area contributed by atoms with Crippen molar-refractivity contribution in [2.75, 3.05) is 7.11 Å². The first kappa shape index (κ1) is 15.3. The second-order valence-corrected chi connectivity index (χ2v) is 4.44. The Morgan fingerprint density at radius 2 is 2.16 bits per heavy atom. The molecule has 0 radical (unpaired) electrons. The monoisotopic (exact) mass is 290 g/mol. The van der Waals surface area contributed by atoms with Crippen LogP contribution in [0.4, 0.5) is 13.2 Å². The van der Waals surface area contributed by atoms with Gasteiger partial charge in [-0.15, -0.1) is 0 Å². The highest BCUT2D eigenvalue weighted by molar-refractivity contribution is 8.00. The van der Waals surface area contributed by atoms with Gasteiger partial charge in [-0.1, -0.05) is 0 Å². The highest BCUT2D eigenvalue weighted by atomic mass is 32.2. The van der Waals surface area contributed by atoms with Gasteiger partial charge in [0.25, 0.3) is 0 Å². The molecule has 0 spiro atoms. The molecular weight excluding hydrogens is 281 g/mol. The van der Waals surface area contributed by atoms with Crippen LogP contribution in [0, 0.1) is 11.3 Å². The molecule has 0 heterocycles. The Balaban J connectivity index is 3.47. The lowest BCUT2D eigenvalue weighted by Gasteiger charge is -2.14. The van der Waals surface area contributed by atoms with Crippen LogP contribution in [0.25, 0.3) is 0 Å². The molecular formula is C11H9F3N2O2S. The maximum absolute atomic E-state index is 12.5. The number of benzene rings is 1. The van der Waals surface area contributed by atoms with Crippen LogP contribution in [0.5, 0.6) is 0 Å². The molecule has 0 fully saturated rings. The van der Waals surface area contributed by atoms with Gasteiger partial charge in [0.2, 0.25) is 0 Å². The first-order valence-electron chi connectivity index (χ1n) is 4.93. The number of rotatable bonds is 3. The fraction of sp³-hybridized carbons (Fsp3) is 0.273. The van der Waals surface area contributed by atoms with E-state index >= 15 is 0 Å². The molecule has 1 aromatic carbocycles. The van der Waals surface area contributed by atoms with Crippen molar-refractivity contribution < 1.29 is 22.7 Å². The van der Waals surface area contributed by atoms with E-state index in [4.69, 9.17) is 11.0 Å². The number of nitrogens with zero attached hydrogens (tertiary/aromatic N) is 1. The number of hydrogen-bond acceptors (Lipinski definition) is 5. The molecule has 1 aromatic rings. The van der Waals surface area contributed by atoms with Crippen LogP contribution in [-0.4, -0.2) is 18.6 Å². The Hall–Kier alpha value is -1.72. The predicted molar refractivity (Wildman–Crippen MR) is 62.3 cm³/mol. The van der Waals surface area contributed by atoms with Crippen molar-refractivity contribution in [2.24, 2.45) is 5.73 Å². The minimum Gasteiger partial charge on any atom is -0.465 e. The molecule has 0 aliphatic carbocycles. The fourth-order valence-corrected chi connectivity index (χ4v) is 2.16. The van der Waals surface area contributed by atoms with Gasteiger partial charge >= 0.3 is 11.5 Å². The first-order chi connectivity index (χ1) is 8.82. The summed E-state index contributed by atoms with van der Waals surface area (Å²) in [4.78, 5) is 11.2. The number of halogens is 3. The fourth-order valence-electron chi connectivity index (χ4n) is 1.40. The van der Waals surface area contributed by atoms with Gasteiger partial charge in [0.1, 0.15) is 0 Å². The van der Waals surface area contributed by atoms with Crippen molar-refractivity contribution in [3.05, 3.63) is 28.8 Å². The van der Waals surface area contributed by atoms with Gasteiger partial charge in [-0.25, -0.2) is 4.79 Å². The third kappa shape index (κ3) is 3.87. The number of nitrogens with two attached hydrogens (primary N) is 1. The van der Waals surface area contributed by atoms with E-state index in [1.165, 1.54) is 6.07 Å². The van der Waals surface area contributed by atoms with Crippen molar-refractivity contribution >= 4 is 17.7 Å². The average Bonchev–Trinajstić information content (AvgIpc) is 2.36. The zero-order chi connectivity index (χ0) is 14.6. The number of ether oxygens (including phenoxy) is 1. The summed E-state index contributed by atoms with van der Waals surface area (Å²) in [5.74, 6) is -0.946. The molecule has 0 aliphatic heterocycles. The maximum Gasteiger partial charge on any atom is 0.446 e. The number of methoxy groups -OCH3 is 1. The zero-order valence-corrected chi connectivity index (χ0v) is 10.6. The minimum absolute atomic E-state index is 0.0485. The molecule has 19 heavy (non-hydrogen) atoms. The molecule has 0 amide bonds. The van der Waals surface area contributed by atoms with Gasteiger partial charge in [-0.2, -0.15) is 18.4 Å². The first-order valence-corrected chi connectivity index (χ1v) is 5.75. The van der Waals surface area contributed by atoms with Gasteiger partial charge in [0.15, 0.2) is 0 Å². The third-order valence-corrected chi connectivity index (χ3v) is 3.06. The van der Waals surface area contributed by atoms with E-state index in [2.05, 4.69) is 4.74 Å². The van der Waals surface area contributed by atoms with Crippen LogP contribution in [-0.2, 0) is 11.3 Å². The van der Waals surface area contributed by atoms with Gasteiger partial charge in [0.05, 0.1) is 24.3 Å². The highest BCUT2D eigenvalue weighted by Gasteiger charge is 2.33. The molecule has 0 saturated heterocycles. The topological polar surface area (TPSA) is 76.1 Å². The summed E-state index contributed by atoms with van der Waals surface area (Å²) in [7, 11) is 1.05. The Labute approximate surface area is 111 Å². The van der Waals surface area contributed by atoms with Crippen molar-refractivity contribution in [2.45, 2.75) is 16.9 Å². The van der Waals surface area contributed by atoms with Crippen LogP contribution in [0.2, 0.25) is 0 Å². The summed E-state index contributed by atoms with van der Waals surface area (Å²) in [5, 5.41) is 8.79. The maximum atomic E-state index is 12.5. The van der Waals surface area contributed by atoms with Crippen LogP contribution >= 0.6 is 11.8 Å². The van der Waals surface area contributed by atoms with Crippen molar-refractivity contribution in [3.8, 4) is 6.07 Å². The molecule has 0 aromatic heterocycles. The summed E-state index contributed by atoms with van der Waals surface area (Å²) in [5.41, 5.74) is 0.597. The van der Waals surface area contributed by atoms with Gasteiger partial charge in [-0.05, 0) is 29.5 Å². The van der Waals surface area contributed by atoms with E-state index in [1.54, 1.807) is 6.07 Å². The third-order valence-electron chi connectivity index (χ3n) is 2.14. The van der Waals surface area contributed by atoms with Crippen molar-refractivity contribution in [1.29, 1.82) is 5.26 Å². The molecule has 0 saturated carbocycles. The Bertz CT molecular complexity index is 538. The van der Waals surface area contributed by atoms with E-state index in [1.807, 2.05) is 0 Å². The number of alkyl halides is 3. The van der Waals surface area contributed by atoms with E-state index in [-0.39, 0.29) is 28.1 Å². The second-order valence-electron chi connectivity index (χ2n) is 3.37. The lowest BCUT2D eigenvalue weighted by atomic mass is 10.1. The van der Waals surface area contributed by atoms with Crippen molar-refractivity contribution in [1.82, 2.24) is 0 Å². The molecule has 0 aliphatic rings. The van der Waals surface area contributed by atoms with Gasteiger partial charge in [-0.3, -0.25) is 0 Å². The Morgan fingerprint density at radius 1 is 1.53 bits per heavy atom. The molecule has 0 atom stereocenters. The number of hydrogen-bond donors (Lipinski definition) is 1. The summed E-state index contributed by atoms with van der Waals surface area (Å²) in [6, 6.07) is 4.03. The lowest BCUT2D eigenvalue weighted by Crippen LogP contribution is -2.11. The highest BCUT2D eigenvalue weighted by Crippen LogP contribution is 2.41. The summed E-state index contributed by atoms with van der Waals surface area (Å²) < 4.78 is 41.9. The van der Waals surface area contributed by atoms with Crippen LogP contribution < -0.4 is 5.73 Å². The summed E-state index contributed by atoms with van der Waals surface area (Å²) in [6.45, 7) is -0.224. The van der Waals surface area contributed by atoms with Gasteiger partial charge < -0.3 is 10.5 Å². The number of carbonyl (C=O) groups excluding carboxylic acids is 1. The van der Waals surface area contributed by atoms with Crippen molar-refractivity contribution in [3.63, 3.8) is 0 Å². The molecule has 2 N–H and O–H groups in total. The Kier molecular flexibility index (Phi) is 4.80. The molecule has 8 heteroatoms. The van der Waals surface area contributed by atoms with E-state index in [0.29, 0.717) is 0 Å². The largest absolute Gasteiger partial charge is 0.465 e. The number of esters is 1. The van der Waals surface area contributed by atoms with Gasteiger partial charge in [0, 0.05) is 11.4 Å². The summed E-state index contributed by atoms with van der Waals surface area (Å²) in [6.07, 6.45) is 0. The second kappa shape index (κ2) is 5.95. The van der Waals surface area contributed by atoms with Crippen LogP contribution in [0.1, 0.15) is 21.5 Å². The molecule has 1 rings (SSSR count). The minimum atomic E-state index is -4.57. The lowest BCUT2D eigenvalue weighted by molar-refractivity contribution is -0.0328. The Morgan fingerprint density at radius 3 is 2.58 bits per heavy atom. The number of nitriles is 1. The molecule has 102 valence electrons. The number of carbonyl (C=O) groups is 1. The molecule has 4 nitrogen and oxygen atoms in total. The molecule has 0 unspecified atom stereocenters. The zero-order valence-electron chi connectivity index (χ0n) is 9.75. The van der Waals surface area contributed by atoms with E-state index in [0.717, 1.165) is 13.2 Å². The quantitative estimate of drug-likeness (QED) is 0.683. The number of thioether (sulfide) groups is 1. The summed E-state index contributed by atoms with van der Waals surface area (Å²) >= 11 is -0.449. The van der Waals surface area contributed by atoms with Crippen LogP contribution in [0.15, 0.2) is 17.0 Å². The standard InChI is InChI=1S/C11H9F3N2O2S/c1-18-10(17)8-3-6(4-15)2-7(5-16)9(8)19-11(12,13)14/h2-3H,5,16H2,1H3. The van der Waals surface area contributed by atoms with Crippen LogP contribution in [0.3, 0.4) is 0 Å². The SMILES string of the molecule is COC(=O)c1cc(C#N)cc(CN)c1SC(F)(F)F. The average molecular weight is 290 g/mol. The van der Waals surface area contributed by atoms with E-state index in [9.17, 15) is 18.0 Å². The van der Waals surface area contributed by atoms with E-state index < -0.39 is 23.2 Å². The predicted octanol–water partition coefficient (Wildman–Crippen LogP) is 2.42. The normalized spacial score (nSPS) is 10.9.